The minimum atomic E-state index is -0.812. The molecule has 1 aliphatic rings. The second kappa shape index (κ2) is 14.4. The number of fused-ring (bicyclic) bond motifs is 1. The van der Waals surface area contributed by atoms with Gasteiger partial charge in [0.15, 0.2) is 5.78 Å². The molecule has 0 bridgehead atoms. The molecule has 0 saturated heterocycles. The molecule has 8 heteroatoms. The molecule has 2 aromatic rings. The largest absolute Gasteiger partial charge is 0.491 e. The number of ether oxygens (including phenoxy) is 2. The van der Waals surface area contributed by atoms with E-state index in [1.807, 2.05) is 87.2 Å². The van der Waals surface area contributed by atoms with Gasteiger partial charge in [-0.05, 0) is 48.8 Å². The molecule has 0 aliphatic carbocycles. The number of benzene rings is 2. The minimum Gasteiger partial charge on any atom is -0.491 e. The number of hydrogen-bond donors (Lipinski definition) is 2. The highest BCUT2D eigenvalue weighted by Crippen LogP contribution is 2.30. The van der Waals surface area contributed by atoms with Gasteiger partial charge in [0.1, 0.15) is 18.4 Å². The van der Waals surface area contributed by atoms with E-state index in [0.717, 1.165) is 23.4 Å². The third-order valence-corrected chi connectivity index (χ3v) is 6.32. The van der Waals surface area contributed by atoms with Crippen LogP contribution in [0, 0.1) is 11.8 Å². The number of carbonyl (C=O) groups excluding carboxylic acids is 3. The summed E-state index contributed by atoms with van der Waals surface area (Å²) in [5.74, 6) is 0.648. The van der Waals surface area contributed by atoms with Crippen molar-refractivity contribution in [3.05, 3.63) is 60.2 Å². The van der Waals surface area contributed by atoms with Crippen LogP contribution in [0.1, 0.15) is 52.5 Å². The molecule has 2 aromatic carbocycles. The smallest absolute Gasteiger partial charge is 0.408 e. The Morgan fingerprint density at radius 2 is 1.55 bits per heavy atom. The van der Waals surface area contributed by atoms with E-state index in [9.17, 15) is 14.4 Å². The van der Waals surface area contributed by atoms with Gasteiger partial charge in [0, 0.05) is 6.54 Å². The predicted octanol–water partition coefficient (Wildman–Crippen LogP) is 4.72. The molecule has 0 aromatic heterocycles. The van der Waals surface area contributed by atoms with Crippen molar-refractivity contribution in [3.8, 4) is 5.75 Å². The molecular weight excluding hydrogens is 482 g/mol. The normalized spacial score (nSPS) is 14.6. The van der Waals surface area contributed by atoms with Crippen LogP contribution in [0.15, 0.2) is 54.6 Å². The van der Waals surface area contributed by atoms with Crippen LogP contribution in [0.4, 0.5) is 10.5 Å². The Kier molecular flexibility index (Phi) is 11.0. The predicted molar refractivity (Wildman–Crippen MR) is 148 cm³/mol. The molecule has 0 saturated carbocycles. The quantitative estimate of drug-likeness (QED) is 0.418. The molecule has 38 heavy (non-hydrogen) atoms. The van der Waals surface area contributed by atoms with E-state index >= 15 is 0 Å². The number of alkyl carbamates (subject to hydrolysis) is 1. The zero-order chi connectivity index (χ0) is 27.5. The number of nitrogens with one attached hydrogen (secondary N) is 2. The van der Waals surface area contributed by atoms with Crippen LogP contribution < -0.4 is 20.3 Å². The first-order valence-corrected chi connectivity index (χ1v) is 13.5. The molecule has 1 heterocycles. The highest BCUT2D eigenvalue weighted by Gasteiger charge is 2.30. The van der Waals surface area contributed by atoms with Gasteiger partial charge in [-0.1, -0.05) is 70.2 Å². The minimum absolute atomic E-state index is 0.0706. The van der Waals surface area contributed by atoms with E-state index in [4.69, 9.17) is 9.47 Å². The van der Waals surface area contributed by atoms with Gasteiger partial charge in [-0.15, -0.1) is 0 Å². The Balaban J connectivity index is 1.66. The van der Waals surface area contributed by atoms with E-state index in [2.05, 4.69) is 10.6 Å². The molecule has 1 aliphatic heterocycles. The summed E-state index contributed by atoms with van der Waals surface area (Å²) in [6.07, 6.45) is 1.06. The molecule has 206 valence electrons. The number of anilines is 1. The van der Waals surface area contributed by atoms with Crippen LogP contribution in [0.3, 0.4) is 0 Å². The highest BCUT2D eigenvalue weighted by atomic mass is 16.5. The van der Waals surface area contributed by atoms with Gasteiger partial charge in [-0.3, -0.25) is 9.59 Å². The maximum absolute atomic E-state index is 13.5. The molecular formula is C30H41N3O5. The number of carbonyl (C=O) groups is 3. The summed E-state index contributed by atoms with van der Waals surface area (Å²) in [6, 6.07) is 15.6. The van der Waals surface area contributed by atoms with Crippen LogP contribution in [0.5, 0.6) is 5.75 Å². The van der Waals surface area contributed by atoms with Gasteiger partial charge in [-0.25, -0.2) is 4.79 Å². The number of para-hydroxylation sites is 2. The van der Waals surface area contributed by atoms with E-state index in [-0.39, 0.29) is 36.7 Å². The summed E-state index contributed by atoms with van der Waals surface area (Å²) < 4.78 is 11.2. The fraction of sp³-hybridized carbons (Fsp3) is 0.500. The monoisotopic (exact) mass is 523 g/mol. The Morgan fingerprint density at radius 1 is 0.895 bits per heavy atom. The van der Waals surface area contributed by atoms with Crippen molar-refractivity contribution < 1.29 is 23.9 Å². The zero-order valence-corrected chi connectivity index (χ0v) is 22.9. The van der Waals surface area contributed by atoms with Gasteiger partial charge < -0.3 is 25.0 Å². The van der Waals surface area contributed by atoms with Gasteiger partial charge in [-0.2, -0.15) is 0 Å². The van der Waals surface area contributed by atoms with Gasteiger partial charge in [0.25, 0.3) is 0 Å². The molecule has 2 N–H and O–H groups in total. The van der Waals surface area contributed by atoms with E-state index < -0.39 is 18.2 Å². The van der Waals surface area contributed by atoms with Crippen molar-refractivity contribution in [2.24, 2.45) is 11.8 Å². The molecule has 8 nitrogen and oxygen atoms in total. The third-order valence-electron chi connectivity index (χ3n) is 6.32. The van der Waals surface area contributed by atoms with E-state index in [0.29, 0.717) is 26.0 Å². The SMILES string of the molecule is CC(C)CC(NC(=O)C(CC(C)C)NC(=O)OCc1ccccc1)C(=O)CN1CCCOc2ccccc21. The van der Waals surface area contributed by atoms with Crippen LogP contribution in [0.25, 0.3) is 0 Å². The first-order valence-electron chi connectivity index (χ1n) is 13.5. The van der Waals surface area contributed by atoms with Crippen molar-refractivity contribution >= 4 is 23.5 Å². The topological polar surface area (TPSA) is 97.0 Å². The summed E-state index contributed by atoms with van der Waals surface area (Å²) in [5.41, 5.74) is 1.74. The molecule has 2 amide bonds. The lowest BCUT2D eigenvalue weighted by atomic mass is 9.98. The first-order chi connectivity index (χ1) is 18.2. The van der Waals surface area contributed by atoms with Crippen LogP contribution >= 0.6 is 0 Å². The Labute approximate surface area is 226 Å². The lowest BCUT2D eigenvalue weighted by molar-refractivity contribution is -0.129. The zero-order valence-electron chi connectivity index (χ0n) is 22.9. The average Bonchev–Trinajstić information content (AvgIpc) is 3.09. The number of ketones is 1. The maximum Gasteiger partial charge on any atom is 0.408 e. The molecule has 3 rings (SSSR count). The van der Waals surface area contributed by atoms with Crippen molar-refractivity contribution in [2.45, 2.75) is 65.6 Å². The highest BCUT2D eigenvalue weighted by molar-refractivity contribution is 5.94. The standard InChI is InChI=1S/C30H41N3O5/c1-21(2)17-24(27(34)19-33-15-10-16-37-28-14-9-8-13-26(28)33)31-29(35)25(18-22(3)4)32-30(36)38-20-23-11-6-5-7-12-23/h5-9,11-14,21-22,24-25H,10,15-20H2,1-4H3,(H,31,35)(H,32,36). The average molecular weight is 524 g/mol. The third kappa shape index (κ3) is 9.08. The Bertz CT molecular complexity index is 1060. The van der Waals surface area contributed by atoms with Crippen molar-refractivity contribution in [1.29, 1.82) is 0 Å². The van der Waals surface area contributed by atoms with Crippen LogP contribution in [0.2, 0.25) is 0 Å². The summed E-state index contributed by atoms with van der Waals surface area (Å²) in [4.78, 5) is 41.4. The fourth-order valence-electron chi connectivity index (χ4n) is 4.49. The lowest BCUT2D eigenvalue weighted by Gasteiger charge is -2.28. The van der Waals surface area contributed by atoms with Crippen LogP contribution in [-0.4, -0.2) is 49.6 Å². The molecule has 0 radical (unpaired) electrons. The molecule has 0 fully saturated rings. The summed E-state index contributed by atoms with van der Waals surface area (Å²) in [7, 11) is 0. The van der Waals surface area contributed by atoms with Gasteiger partial charge in [0.05, 0.1) is 24.9 Å². The summed E-state index contributed by atoms with van der Waals surface area (Å²) in [6.45, 7) is 9.56. The molecule has 2 unspecified atom stereocenters. The maximum atomic E-state index is 13.5. The Morgan fingerprint density at radius 3 is 2.26 bits per heavy atom. The number of amides is 2. The second-order valence-corrected chi connectivity index (χ2v) is 10.6. The van der Waals surface area contributed by atoms with Crippen molar-refractivity contribution in [1.82, 2.24) is 10.6 Å². The van der Waals surface area contributed by atoms with Crippen molar-refractivity contribution in [2.75, 3.05) is 24.6 Å². The lowest BCUT2D eigenvalue weighted by Crippen LogP contribution is -2.53. The van der Waals surface area contributed by atoms with Gasteiger partial charge in [0.2, 0.25) is 5.91 Å². The molecule has 0 spiro atoms. The first kappa shape index (κ1) is 29.0. The number of Topliss-reactive ketones (excluding diaryl/α,β-unsaturated/α-hetero) is 1. The number of rotatable bonds is 12. The fourth-order valence-corrected chi connectivity index (χ4v) is 4.49. The number of hydrogen-bond acceptors (Lipinski definition) is 6. The van der Waals surface area contributed by atoms with Gasteiger partial charge >= 0.3 is 6.09 Å². The summed E-state index contributed by atoms with van der Waals surface area (Å²) >= 11 is 0. The van der Waals surface area contributed by atoms with E-state index in [1.54, 1.807) is 0 Å². The second-order valence-electron chi connectivity index (χ2n) is 10.6. The van der Waals surface area contributed by atoms with Crippen LogP contribution in [-0.2, 0) is 20.9 Å². The summed E-state index contributed by atoms with van der Waals surface area (Å²) in [5, 5.41) is 5.65. The Hall–Kier alpha value is -3.55. The van der Waals surface area contributed by atoms with Crippen molar-refractivity contribution in [3.63, 3.8) is 0 Å². The number of nitrogens with zero attached hydrogens (tertiary/aromatic N) is 1. The van der Waals surface area contributed by atoms with E-state index in [1.165, 1.54) is 0 Å². The molecule has 2 atom stereocenters.